The number of Topliss-reactive ketones (excluding diaryl/α,β-unsaturated/α-hetero) is 1. The number of carbonyl (C=O) groups is 1. The molecule has 0 aliphatic carbocycles. The molecule has 1 atom stereocenters. The molecule has 0 saturated carbocycles. The zero-order valence-corrected chi connectivity index (χ0v) is 10.4. The number of halogens is 1. The number of hydrogen-bond acceptors (Lipinski definition) is 2. The van der Waals surface area contributed by atoms with Crippen LogP contribution in [0.2, 0.25) is 0 Å². The van der Waals surface area contributed by atoms with Gasteiger partial charge in [-0.05, 0) is 30.0 Å². The van der Waals surface area contributed by atoms with Gasteiger partial charge in [0.15, 0.2) is 0 Å². The lowest BCUT2D eigenvalue weighted by Crippen LogP contribution is -2.26. The summed E-state index contributed by atoms with van der Waals surface area (Å²) in [6, 6.07) is 6.05. The molecule has 0 bridgehead atoms. The quantitative estimate of drug-likeness (QED) is 0.826. The number of benzene rings is 1. The van der Waals surface area contributed by atoms with Crippen LogP contribution in [-0.4, -0.2) is 12.3 Å². The molecule has 0 saturated heterocycles. The summed E-state index contributed by atoms with van der Waals surface area (Å²) >= 11 is 0. The summed E-state index contributed by atoms with van der Waals surface area (Å²) < 4.78 is 12.7. The number of ketones is 1. The van der Waals surface area contributed by atoms with Crippen LogP contribution >= 0.6 is 0 Å². The number of rotatable bonds is 6. The number of hydrogen-bond donors (Lipinski definition) is 1. The van der Waals surface area contributed by atoms with E-state index in [-0.39, 0.29) is 17.5 Å². The number of carbonyl (C=O) groups excluding carboxylic acids is 1. The van der Waals surface area contributed by atoms with Crippen LogP contribution in [0.5, 0.6) is 0 Å². The van der Waals surface area contributed by atoms with Crippen LogP contribution in [0.1, 0.15) is 25.8 Å². The first kappa shape index (κ1) is 13.8. The van der Waals surface area contributed by atoms with E-state index in [9.17, 15) is 9.18 Å². The van der Waals surface area contributed by atoms with Crippen molar-refractivity contribution in [3.05, 3.63) is 35.6 Å². The van der Waals surface area contributed by atoms with Crippen LogP contribution in [-0.2, 0) is 11.2 Å². The molecule has 1 unspecified atom stereocenters. The van der Waals surface area contributed by atoms with Gasteiger partial charge in [-0.1, -0.05) is 26.0 Å². The minimum absolute atomic E-state index is 0.0833. The van der Waals surface area contributed by atoms with Gasteiger partial charge in [0.05, 0.1) is 0 Å². The fourth-order valence-electron chi connectivity index (χ4n) is 1.88. The molecule has 3 heteroatoms. The van der Waals surface area contributed by atoms with E-state index in [4.69, 9.17) is 5.73 Å². The highest BCUT2D eigenvalue weighted by Gasteiger charge is 2.18. The molecule has 2 nitrogen and oxygen atoms in total. The third kappa shape index (κ3) is 4.65. The van der Waals surface area contributed by atoms with Gasteiger partial charge >= 0.3 is 0 Å². The summed E-state index contributed by atoms with van der Waals surface area (Å²) in [5.74, 6) is 0.243. The molecule has 1 rings (SSSR count). The predicted molar refractivity (Wildman–Crippen MR) is 67.1 cm³/mol. The molecule has 0 aliphatic heterocycles. The summed E-state index contributed by atoms with van der Waals surface area (Å²) in [6.07, 6.45) is 1.16. The molecule has 0 amide bonds. The van der Waals surface area contributed by atoms with Crippen molar-refractivity contribution in [2.24, 2.45) is 17.6 Å². The van der Waals surface area contributed by atoms with E-state index in [2.05, 4.69) is 13.8 Å². The smallest absolute Gasteiger partial charge is 0.141 e. The van der Waals surface area contributed by atoms with E-state index < -0.39 is 0 Å². The molecule has 0 heterocycles. The first-order valence-corrected chi connectivity index (χ1v) is 6.00. The average molecular weight is 237 g/mol. The minimum atomic E-state index is -0.279. The van der Waals surface area contributed by atoms with Crippen LogP contribution < -0.4 is 5.73 Å². The monoisotopic (exact) mass is 237 g/mol. The van der Waals surface area contributed by atoms with Gasteiger partial charge in [0.1, 0.15) is 11.6 Å². The van der Waals surface area contributed by atoms with E-state index in [0.717, 1.165) is 12.0 Å². The Morgan fingerprint density at radius 2 is 1.88 bits per heavy atom. The largest absolute Gasteiger partial charge is 0.330 e. The summed E-state index contributed by atoms with van der Waals surface area (Å²) in [5, 5.41) is 0. The summed E-state index contributed by atoms with van der Waals surface area (Å²) in [4.78, 5) is 12.0. The van der Waals surface area contributed by atoms with Gasteiger partial charge in [0, 0.05) is 18.9 Å². The lowest BCUT2D eigenvalue weighted by atomic mass is 9.90. The van der Waals surface area contributed by atoms with Gasteiger partial charge in [-0.25, -0.2) is 4.39 Å². The summed E-state index contributed by atoms with van der Waals surface area (Å²) in [7, 11) is 0. The Morgan fingerprint density at radius 1 is 1.29 bits per heavy atom. The fourth-order valence-corrected chi connectivity index (χ4v) is 1.88. The standard InChI is InChI=1S/C14H20FNO/c1-10(2)7-12(9-16)14(17)8-11-3-5-13(15)6-4-11/h3-6,10,12H,7-9,16H2,1-2H3. The summed E-state index contributed by atoms with van der Waals surface area (Å²) in [5.41, 5.74) is 6.46. The van der Waals surface area contributed by atoms with Crippen molar-refractivity contribution in [1.29, 1.82) is 0 Å². The van der Waals surface area contributed by atoms with Crippen LogP contribution in [0, 0.1) is 17.7 Å². The zero-order chi connectivity index (χ0) is 12.8. The maximum Gasteiger partial charge on any atom is 0.141 e. The highest BCUT2D eigenvalue weighted by atomic mass is 19.1. The van der Waals surface area contributed by atoms with Gasteiger partial charge in [-0.2, -0.15) is 0 Å². The Labute approximate surface area is 102 Å². The Hall–Kier alpha value is -1.22. The average Bonchev–Trinajstić information content (AvgIpc) is 2.28. The Bertz CT molecular complexity index is 359. The molecule has 1 aromatic carbocycles. The molecule has 0 aromatic heterocycles. The van der Waals surface area contributed by atoms with Crippen LogP contribution in [0.25, 0.3) is 0 Å². The van der Waals surface area contributed by atoms with E-state index >= 15 is 0 Å². The minimum Gasteiger partial charge on any atom is -0.330 e. The van der Waals surface area contributed by atoms with E-state index in [1.807, 2.05) is 0 Å². The predicted octanol–water partition coefficient (Wildman–Crippen LogP) is 2.56. The van der Waals surface area contributed by atoms with Crippen molar-refractivity contribution in [2.45, 2.75) is 26.7 Å². The second-order valence-electron chi connectivity index (χ2n) is 4.83. The zero-order valence-electron chi connectivity index (χ0n) is 10.4. The fraction of sp³-hybridized carbons (Fsp3) is 0.500. The highest BCUT2D eigenvalue weighted by molar-refractivity contribution is 5.83. The third-order valence-electron chi connectivity index (χ3n) is 2.79. The van der Waals surface area contributed by atoms with E-state index in [1.54, 1.807) is 12.1 Å². The van der Waals surface area contributed by atoms with Crippen molar-refractivity contribution >= 4 is 5.78 Å². The molecular formula is C14H20FNO. The van der Waals surface area contributed by atoms with E-state index in [0.29, 0.717) is 18.9 Å². The Kier molecular flexibility index (Phi) is 5.29. The van der Waals surface area contributed by atoms with Gasteiger partial charge in [0.25, 0.3) is 0 Å². The molecule has 17 heavy (non-hydrogen) atoms. The van der Waals surface area contributed by atoms with Crippen molar-refractivity contribution in [3.8, 4) is 0 Å². The number of nitrogens with two attached hydrogens (primary N) is 1. The molecule has 0 radical (unpaired) electrons. The maximum atomic E-state index is 12.7. The van der Waals surface area contributed by atoms with Crippen molar-refractivity contribution < 1.29 is 9.18 Å². The van der Waals surface area contributed by atoms with Crippen molar-refractivity contribution in [2.75, 3.05) is 6.54 Å². The maximum absolute atomic E-state index is 12.7. The Balaban J connectivity index is 2.60. The third-order valence-corrected chi connectivity index (χ3v) is 2.79. The van der Waals surface area contributed by atoms with E-state index in [1.165, 1.54) is 12.1 Å². The molecule has 1 aromatic rings. The molecule has 0 fully saturated rings. The van der Waals surface area contributed by atoms with Gasteiger partial charge in [-0.3, -0.25) is 4.79 Å². The van der Waals surface area contributed by atoms with Gasteiger partial charge in [-0.15, -0.1) is 0 Å². The van der Waals surface area contributed by atoms with Gasteiger partial charge < -0.3 is 5.73 Å². The normalized spacial score (nSPS) is 12.8. The highest BCUT2D eigenvalue weighted by Crippen LogP contribution is 2.14. The van der Waals surface area contributed by atoms with Crippen molar-refractivity contribution in [1.82, 2.24) is 0 Å². The second kappa shape index (κ2) is 6.50. The first-order chi connectivity index (χ1) is 8.02. The van der Waals surface area contributed by atoms with Crippen LogP contribution in [0.3, 0.4) is 0 Å². The topological polar surface area (TPSA) is 43.1 Å². The van der Waals surface area contributed by atoms with Gasteiger partial charge in [0.2, 0.25) is 0 Å². The SMILES string of the molecule is CC(C)CC(CN)C(=O)Cc1ccc(F)cc1. The summed E-state index contributed by atoms with van der Waals surface area (Å²) in [6.45, 7) is 4.54. The Morgan fingerprint density at radius 3 is 2.35 bits per heavy atom. The lowest BCUT2D eigenvalue weighted by Gasteiger charge is -2.15. The lowest BCUT2D eigenvalue weighted by molar-refractivity contribution is -0.122. The first-order valence-electron chi connectivity index (χ1n) is 6.00. The molecule has 0 spiro atoms. The van der Waals surface area contributed by atoms with Crippen molar-refractivity contribution in [3.63, 3.8) is 0 Å². The molecular weight excluding hydrogens is 217 g/mol. The molecule has 94 valence electrons. The van der Waals surface area contributed by atoms with Crippen LogP contribution in [0.15, 0.2) is 24.3 Å². The second-order valence-corrected chi connectivity index (χ2v) is 4.83. The molecule has 0 aliphatic rings. The molecule has 2 N–H and O–H groups in total. The van der Waals surface area contributed by atoms with Crippen LogP contribution in [0.4, 0.5) is 4.39 Å².